The van der Waals surface area contributed by atoms with E-state index in [1.165, 1.54) is 22.3 Å². The predicted molar refractivity (Wildman–Crippen MR) is 155 cm³/mol. The maximum Gasteiger partial charge on any atom is 0.101 e. The zero-order valence-corrected chi connectivity index (χ0v) is 21.4. The standard InChI is InChI=1S/C35H25N3/c1-3-24-15-16-25(19-31(24)29-12-5-4-9-23(29)2)26-17-18-34-32(20-26)30-13-6-7-14-33(30)38(34)35-27(21-36)10-8-11-28(35)22-37/h4-20H,3H2,1-2H3. The number of benzene rings is 5. The normalized spacial score (nSPS) is 10.9. The second-order valence-electron chi connectivity index (χ2n) is 9.55. The molecule has 0 aliphatic carbocycles. The molecule has 0 atom stereocenters. The number of rotatable bonds is 4. The summed E-state index contributed by atoms with van der Waals surface area (Å²) in [5.41, 5.74) is 11.0. The van der Waals surface area contributed by atoms with Gasteiger partial charge < -0.3 is 4.57 Å². The molecule has 1 heterocycles. The molecule has 0 spiro atoms. The summed E-state index contributed by atoms with van der Waals surface area (Å²) in [5.74, 6) is 0. The Bertz CT molecular complexity index is 1910. The first kappa shape index (κ1) is 23.3. The van der Waals surface area contributed by atoms with Gasteiger partial charge >= 0.3 is 0 Å². The molecule has 0 saturated heterocycles. The van der Waals surface area contributed by atoms with E-state index in [9.17, 15) is 10.5 Å². The van der Waals surface area contributed by atoms with Gasteiger partial charge in [-0.05, 0) is 83.1 Å². The number of hydrogen-bond donors (Lipinski definition) is 0. The van der Waals surface area contributed by atoms with Crippen LogP contribution in [-0.4, -0.2) is 4.57 Å². The number of para-hydroxylation sites is 2. The van der Waals surface area contributed by atoms with E-state index in [2.05, 4.69) is 103 Å². The lowest BCUT2D eigenvalue weighted by atomic mass is 9.91. The molecule has 0 N–H and O–H groups in total. The third kappa shape index (κ3) is 3.65. The second-order valence-corrected chi connectivity index (χ2v) is 9.55. The Morgan fingerprint density at radius 3 is 2.03 bits per heavy atom. The fourth-order valence-electron chi connectivity index (χ4n) is 5.55. The summed E-state index contributed by atoms with van der Waals surface area (Å²) in [6.45, 7) is 4.36. The molecule has 0 aliphatic rings. The van der Waals surface area contributed by atoms with Crippen molar-refractivity contribution in [3.63, 3.8) is 0 Å². The number of nitriles is 2. The maximum absolute atomic E-state index is 9.88. The van der Waals surface area contributed by atoms with Crippen LogP contribution in [0.2, 0.25) is 0 Å². The first-order valence-corrected chi connectivity index (χ1v) is 12.8. The third-order valence-corrected chi connectivity index (χ3v) is 7.43. The fraction of sp³-hybridized carbons (Fsp3) is 0.0857. The molecule has 3 heteroatoms. The molecule has 0 amide bonds. The zero-order valence-electron chi connectivity index (χ0n) is 21.4. The molecule has 180 valence electrons. The minimum absolute atomic E-state index is 0.480. The maximum atomic E-state index is 9.88. The first-order chi connectivity index (χ1) is 18.6. The van der Waals surface area contributed by atoms with E-state index in [0.717, 1.165) is 39.4 Å². The van der Waals surface area contributed by atoms with E-state index in [4.69, 9.17) is 0 Å². The van der Waals surface area contributed by atoms with Crippen LogP contribution in [0.4, 0.5) is 0 Å². The smallest absolute Gasteiger partial charge is 0.101 e. The van der Waals surface area contributed by atoms with E-state index in [0.29, 0.717) is 16.8 Å². The highest BCUT2D eigenvalue weighted by molar-refractivity contribution is 6.10. The van der Waals surface area contributed by atoms with Gasteiger partial charge in [0.05, 0.1) is 27.8 Å². The Balaban J connectivity index is 1.61. The third-order valence-electron chi connectivity index (χ3n) is 7.43. The van der Waals surface area contributed by atoms with Gasteiger partial charge in [-0.15, -0.1) is 0 Å². The summed E-state index contributed by atoms with van der Waals surface area (Å²) in [6.07, 6.45) is 0.968. The molecule has 38 heavy (non-hydrogen) atoms. The summed E-state index contributed by atoms with van der Waals surface area (Å²) < 4.78 is 2.06. The monoisotopic (exact) mass is 487 g/mol. The van der Waals surface area contributed by atoms with Gasteiger partial charge in [0.2, 0.25) is 0 Å². The van der Waals surface area contributed by atoms with Crippen LogP contribution >= 0.6 is 0 Å². The highest BCUT2D eigenvalue weighted by Gasteiger charge is 2.18. The van der Waals surface area contributed by atoms with Crippen LogP contribution in [0, 0.1) is 29.6 Å². The zero-order chi connectivity index (χ0) is 26.2. The van der Waals surface area contributed by atoms with Crippen molar-refractivity contribution in [2.75, 3.05) is 0 Å². The van der Waals surface area contributed by atoms with Gasteiger partial charge in [-0.3, -0.25) is 0 Å². The van der Waals surface area contributed by atoms with E-state index < -0.39 is 0 Å². The Morgan fingerprint density at radius 1 is 0.632 bits per heavy atom. The highest BCUT2D eigenvalue weighted by atomic mass is 15.0. The molecular formula is C35H25N3. The van der Waals surface area contributed by atoms with Gasteiger partial charge in [-0.25, -0.2) is 0 Å². The molecular weight excluding hydrogens is 462 g/mol. The Hall–Kier alpha value is -5.12. The minimum Gasteiger partial charge on any atom is -0.307 e. The van der Waals surface area contributed by atoms with Crippen LogP contribution in [0.15, 0.2) is 103 Å². The summed E-state index contributed by atoms with van der Waals surface area (Å²) in [6, 6.07) is 39.9. The SMILES string of the molecule is CCc1ccc(-c2ccc3c(c2)c2ccccc2n3-c2c(C#N)cccc2C#N)cc1-c1ccccc1C. The van der Waals surface area contributed by atoms with E-state index >= 15 is 0 Å². The molecule has 3 nitrogen and oxygen atoms in total. The number of fused-ring (bicyclic) bond motifs is 3. The Kier molecular flexibility index (Phi) is 5.76. The topological polar surface area (TPSA) is 52.5 Å². The van der Waals surface area contributed by atoms with E-state index in [1.54, 1.807) is 18.2 Å². The van der Waals surface area contributed by atoms with Crippen molar-refractivity contribution < 1.29 is 0 Å². The van der Waals surface area contributed by atoms with Gasteiger partial charge in [0, 0.05) is 10.8 Å². The van der Waals surface area contributed by atoms with Crippen LogP contribution in [0.3, 0.4) is 0 Å². The Labute approximate surface area is 222 Å². The van der Waals surface area contributed by atoms with Crippen molar-refractivity contribution in [2.24, 2.45) is 0 Å². The number of aryl methyl sites for hydroxylation is 2. The molecule has 0 fully saturated rings. The lowest BCUT2D eigenvalue weighted by Crippen LogP contribution is -2.01. The first-order valence-electron chi connectivity index (χ1n) is 12.8. The lowest BCUT2D eigenvalue weighted by molar-refractivity contribution is 1.14. The predicted octanol–water partition coefficient (Wildman–Crippen LogP) is 8.73. The van der Waals surface area contributed by atoms with Gasteiger partial charge in [-0.2, -0.15) is 10.5 Å². The highest BCUT2D eigenvalue weighted by Crippen LogP contribution is 2.38. The van der Waals surface area contributed by atoms with Crippen molar-refractivity contribution in [1.82, 2.24) is 4.57 Å². The molecule has 6 rings (SSSR count). The molecule has 6 aromatic rings. The largest absolute Gasteiger partial charge is 0.307 e. The van der Waals surface area contributed by atoms with Crippen LogP contribution < -0.4 is 0 Å². The van der Waals surface area contributed by atoms with Crippen molar-refractivity contribution in [2.45, 2.75) is 20.3 Å². The molecule has 0 saturated carbocycles. The Morgan fingerprint density at radius 2 is 1.29 bits per heavy atom. The van der Waals surface area contributed by atoms with Gasteiger partial charge in [-0.1, -0.05) is 73.7 Å². The summed E-state index contributed by atoms with van der Waals surface area (Å²) in [5, 5.41) is 21.9. The second kappa shape index (κ2) is 9.40. The van der Waals surface area contributed by atoms with Gasteiger partial charge in [0.1, 0.15) is 12.1 Å². The molecule has 1 aromatic heterocycles. The summed E-state index contributed by atoms with van der Waals surface area (Å²) in [4.78, 5) is 0. The average molecular weight is 488 g/mol. The lowest BCUT2D eigenvalue weighted by Gasteiger charge is -2.14. The quantitative estimate of drug-likeness (QED) is 0.250. The summed E-state index contributed by atoms with van der Waals surface area (Å²) >= 11 is 0. The van der Waals surface area contributed by atoms with Crippen molar-refractivity contribution in [3.05, 3.63) is 125 Å². The molecule has 0 aliphatic heterocycles. The number of hydrogen-bond acceptors (Lipinski definition) is 2. The van der Waals surface area contributed by atoms with Crippen LogP contribution in [0.1, 0.15) is 29.2 Å². The van der Waals surface area contributed by atoms with Crippen LogP contribution in [0.5, 0.6) is 0 Å². The van der Waals surface area contributed by atoms with Crippen molar-refractivity contribution in [3.8, 4) is 40.1 Å². The molecule has 5 aromatic carbocycles. The molecule has 0 unspecified atom stereocenters. The average Bonchev–Trinajstić information content (AvgIpc) is 3.30. The summed E-state index contributed by atoms with van der Waals surface area (Å²) in [7, 11) is 0. The van der Waals surface area contributed by atoms with E-state index in [1.807, 2.05) is 12.1 Å². The van der Waals surface area contributed by atoms with Gasteiger partial charge in [0.15, 0.2) is 0 Å². The number of nitrogens with zero attached hydrogens (tertiary/aromatic N) is 3. The van der Waals surface area contributed by atoms with Crippen LogP contribution in [-0.2, 0) is 6.42 Å². The molecule has 0 bridgehead atoms. The van der Waals surface area contributed by atoms with Crippen molar-refractivity contribution in [1.29, 1.82) is 10.5 Å². The minimum atomic E-state index is 0.480. The van der Waals surface area contributed by atoms with Gasteiger partial charge in [0.25, 0.3) is 0 Å². The fourth-order valence-corrected chi connectivity index (χ4v) is 5.55. The van der Waals surface area contributed by atoms with Crippen LogP contribution in [0.25, 0.3) is 49.7 Å². The van der Waals surface area contributed by atoms with E-state index in [-0.39, 0.29) is 0 Å². The number of aromatic nitrogens is 1. The molecule has 0 radical (unpaired) electrons. The van der Waals surface area contributed by atoms with Crippen molar-refractivity contribution >= 4 is 21.8 Å².